The third-order valence-corrected chi connectivity index (χ3v) is 3.78. The maximum absolute atomic E-state index is 9.28. The summed E-state index contributed by atoms with van der Waals surface area (Å²) in [4.78, 5) is 6.81. The first-order valence-electron chi connectivity index (χ1n) is 6.32. The molecule has 2 aromatic rings. The van der Waals surface area contributed by atoms with E-state index in [1.165, 1.54) is 19.3 Å². The summed E-state index contributed by atoms with van der Waals surface area (Å²) in [6.45, 7) is 0. The molecule has 0 saturated heterocycles. The summed E-state index contributed by atoms with van der Waals surface area (Å²) in [5.41, 5.74) is 1.63. The zero-order chi connectivity index (χ0) is 12.5. The lowest BCUT2D eigenvalue weighted by atomic mass is 9.91. The van der Waals surface area contributed by atoms with E-state index in [1.54, 1.807) is 0 Å². The van der Waals surface area contributed by atoms with Crippen LogP contribution in [-0.4, -0.2) is 18.1 Å². The topological polar surface area (TPSA) is 39.9 Å². The summed E-state index contributed by atoms with van der Waals surface area (Å²) in [5.74, 6) is 0.820. The van der Waals surface area contributed by atoms with Gasteiger partial charge in [-0.15, -0.1) is 0 Å². The van der Waals surface area contributed by atoms with Crippen LogP contribution in [0.25, 0.3) is 10.9 Å². The Morgan fingerprint density at radius 1 is 1.33 bits per heavy atom. The lowest BCUT2D eigenvalue weighted by molar-refractivity contribution is 0.399. The van der Waals surface area contributed by atoms with Gasteiger partial charge >= 0.3 is 0 Å². The minimum atomic E-state index is 0.547. The van der Waals surface area contributed by atoms with Crippen molar-refractivity contribution in [1.82, 2.24) is 4.98 Å². The van der Waals surface area contributed by atoms with Crippen LogP contribution >= 0.6 is 0 Å². The average molecular weight is 237 g/mol. The van der Waals surface area contributed by atoms with E-state index in [4.69, 9.17) is 0 Å². The summed E-state index contributed by atoms with van der Waals surface area (Å²) in [6, 6.07) is 12.7. The third kappa shape index (κ3) is 1.70. The standard InChI is InChI=1S/C15H15N3/c1-18(13-6-4-7-13)15-12(10-16)9-11-5-2-3-8-14(11)17-15/h2-3,5,8-9,13H,4,6-7H2,1H3. The highest BCUT2D eigenvalue weighted by Gasteiger charge is 2.24. The van der Waals surface area contributed by atoms with E-state index >= 15 is 0 Å². The fourth-order valence-electron chi connectivity index (χ4n) is 2.40. The number of nitrogens with zero attached hydrogens (tertiary/aromatic N) is 3. The Labute approximate surface area is 107 Å². The van der Waals surface area contributed by atoms with Crippen molar-refractivity contribution in [2.75, 3.05) is 11.9 Å². The van der Waals surface area contributed by atoms with Gasteiger partial charge in [0, 0.05) is 18.5 Å². The molecule has 3 rings (SSSR count). The van der Waals surface area contributed by atoms with E-state index in [9.17, 15) is 5.26 Å². The molecule has 0 atom stereocenters. The van der Waals surface area contributed by atoms with E-state index in [1.807, 2.05) is 37.4 Å². The van der Waals surface area contributed by atoms with Crippen molar-refractivity contribution in [2.24, 2.45) is 0 Å². The smallest absolute Gasteiger partial charge is 0.147 e. The van der Waals surface area contributed by atoms with Gasteiger partial charge in [0.2, 0.25) is 0 Å². The SMILES string of the molecule is CN(c1nc2ccccc2cc1C#N)C1CCC1. The molecular weight excluding hydrogens is 222 g/mol. The van der Waals surface area contributed by atoms with Crippen LogP contribution in [0.1, 0.15) is 24.8 Å². The number of aromatic nitrogens is 1. The Morgan fingerprint density at radius 2 is 2.11 bits per heavy atom. The highest BCUT2D eigenvalue weighted by atomic mass is 15.2. The number of nitriles is 1. The molecule has 90 valence electrons. The number of fused-ring (bicyclic) bond motifs is 1. The molecule has 3 heteroatoms. The van der Waals surface area contributed by atoms with Crippen LogP contribution in [0.4, 0.5) is 5.82 Å². The Balaban J connectivity index is 2.11. The number of rotatable bonds is 2. The highest BCUT2D eigenvalue weighted by Crippen LogP contribution is 2.30. The fraction of sp³-hybridized carbons (Fsp3) is 0.333. The first-order chi connectivity index (χ1) is 8.79. The van der Waals surface area contributed by atoms with Gasteiger partial charge in [-0.05, 0) is 31.4 Å². The Kier molecular flexibility index (Phi) is 2.64. The summed E-state index contributed by atoms with van der Waals surface area (Å²) < 4.78 is 0. The first-order valence-corrected chi connectivity index (χ1v) is 6.32. The molecule has 1 aromatic heterocycles. The molecule has 0 bridgehead atoms. The molecule has 0 N–H and O–H groups in total. The van der Waals surface area contributed by atoms with Crippen LogP contribution in [-0.2, 0) is 0 Å². The van der Waals surface area contributed by atoms with Crippen LogP contribution in [0.5, 0.6) is 0 Å². The normalized spacial score (nSPS) is 15.1. The van der Waals surface area contributed by atoms with E-state index in [-0.39, 0.29) is 0 Å². The molecule has 0 spiro atoms. The Bertz CT molecular complexity index is 623. The minimum absolute atomic E-state index is 0.547. The highest BCUT2D eigenvalue weighted by molar-refractivity contribution is 5.83. The zero-order valence-electron chi connectivity index (χ0n) is 10.4. The molecule has 0 aliphatic heterocycles. The van der Waals surface area contributed by atoms with Crippen LogP contribution < -0.4 is 4.90 Å². The van der Waals surface area contributed by atoms with Crippen LogP contribution in [0.2, 0.25) is 0 Å². The lowest BCUT2D eigenvalue weighted by Crippen LogP contribution is -2.38. The van der Waals surface area contributed by atoms with Crippen molar-refractivity contribution in [1.29, 1.82) is 5.26 Å². The van der Waals surface area contributed by atoms with E-state index in [0.717, 1.165) is 16.7 Å². The lowest BCUT2D eigenvalue weighted by Gasteiger charge is -2.36. The van der Waals surface area contributed by atoms with Crippen LogP contribution in [0.3, 0.4) is 0 Å². The molecular formula is C15H15N3. The molecule has 1 saturated carbocycles. The number of anilines is 1. The van der Waals surface area contributed by atoms with Gasteiger partial charge < -0.3 is 4.90 Å². The summed E-state index contributed by atoms with van der Waals surface area (Å²) in [5, 5.41) is 10.3. The van der Waals surface area contributed by atoms with Gasteiger partial charge in [-0.2, -0.15) is 5.26 Å². The van der Waals surface area contributed by atoms with Gasteiger partial charge in [0.05, 0.1) is 11.1 Å². The number of benzene rings is 1. The predicted molar refractivity (Wildman–Crippen MR) is 72.5 cm³/mol. The van der Waals surface area contributed by atoms with Gasteiger partial charge in [-0.1, -0.05) is 18.2 Å². The minimum Gasteiger partial charge on any atom is -0.356 e. The fourth-order valence-corrected chi connectivity index (χ4v) is 2.40. The van der Waals surface area contributed by atoms with E-state index in [2.05, 4.69) is 16.0 Å². The molecule has 18 heavy (non-hydrogen) atoms. The summed E-state index contributed by atoms with van der Waals surface area (Å²) >= 11 is 0. The van der Waals surface area contributed by atoms with Crippen molar-refractivity contribution in [3.8, 4) is 6.07 Å². The zero-order valence-corrected chi connectivity index (χ0v) is 10.4. The number of pyridine rings is 1. The monoisotopic (exact) mass is 237 g/mol. The van der Waals surface area contributed by atoms with Crippen molar-refractivity contribution in [2.45, 2.75) is 25.3 Å². The van der Waals surface area contributed by atoms with Crippen molar-refractivity contribution >= 4 is 16.7 Å². The van der Waals surface area contributed by atoms with Crippen molar-refractivity contribution < 1.29 is 0 Å². The van der Waals surface area contributed by atoms with Crippen LogP contribution in [0, 0.1) is 11.3 Å². The molecule has 1 heterocycles. The maximum Gasteiger partial charge on any atom is 0.147 e. The first kappa shape index (κ1) is 11.0. The van der Waals surface area contributed by atoms with Gasteiger partial charge in [0.1, 0.15) is 11.9 Å². The maximum atomic E-state index is 9.28. The molecule has 1 fully saturated rings. The Morgan fingerprint density at radius 3 is 2.78 bits per heavy atom. The molecule has 1 aliphatic carbocycles. The molecule has 1 aromatic carbocycles. The van der Waals surface area contributed by atoms with E-state index in [0.29, 0.717) is 11.6 Å². The van der Waals surface area contributed by atoms with Crippen molar-refractivity contribution in [3.63, 3.8) is 0 Å². The molecule has 1 aliphatic rings. The second kappa shape index (κ2) is 4.30. The van der Waals surface area contributed by atoms with Gasteiger partial charge in [-0.25, -0.2) is 4.98 Å². The average Bonchev–Trinajstić information content (AvgIpc) is 2.35. The quantitative estimate of drug-likeness (QED) is 0.805. The van der Waals surface area contributed by atoms with Gasteiger partial charge in [0.15, 0.2) is 0 Å². The van der Waals surface area contributed by atoms with Crippen molar-refractivity contribution in [3.05, 3.63) is 35.9 Å². The van der Waals surface area contributed by atoms with Gasteiger partial charge in [-0.3, -0.25) is 0 Å². The second-order valence-corrected chi connectivity index (χ2v) is 4.86. The third-order valence-electron chi connectivity index (χ3n) is 3.78. The van der Waals surface area contributed by atoms with Crippen LogP contribution in [0.15, 0.2) is 30.3 Å². The molecule has 3 nitrogen and oxygen atoms in total. The van der Waals surface area contributed by atoms with E-state index < -0.39 is 0 Å². The number of hydrogen-bond donors (Lipinski definition) is 0. The molecule has 0 unspecified atom stereocenters. The summed E-state index contributed by atoms with van der Waals surface area (Å²) in [6.07, 6.45) is 3.69. The second-order valence-electron chi connectivity index (χ2n) is 4.86. The largest absolute Gasteiger partial charge is 0.356 e. The number of para-hydroxylation sites is 1. The predicted octanol–water partition coefficient (Wildman–Crippen LogP) is 3.10. The Hall–Kier alpha value is -2.08. The summed E-state index contributed by atoms with van der Waals surface area (Å²) in [7, 11) is 2.04. The van der Waals surface area contributed by atoms with Gasteiger partial charge in [0.25, 0.3) is 0 Å². The number of hydrogen-bond acceptors (Lipinski definition) is 3. The molecule has 0 amide bonds. The molecule has 0 radical (unpaired) electrons.